The molecule has 0 rings (SSSR count). The molecule has 2 heteroatoms. The Morgan fingerprint density at radius 1 is 1.88 bits per heavy atom. The van der Waals surface area contributed by atoms with E-state index < -0.39 is 0 Å². The zero-order valence-electron chi connectivity index (χ0n) is 5.15. The average molecular weight is 112 g/mol. The van der Waals surface area contributed by atoms with Gasteiger partial charge in [-0.1, -0.05) is 0 Å². The lowest BCUT2D eigenvalue weighted by Crippen LogP contribution is -2.32. The van der Waals surface area contributed by atoms with Crippen LogP contribution in [0.15, 0.2) is 0 Å². The molecule has 0 spiro atoms. The van der Waals surface area contributed by atoms with Crippen LogP contribution in [0.4, 0.5) is 0 Å². The third-order valence-corrected chi connectivity index (χ3v) is 1.01. The number of nitrogens with one attached hydrogen (secondary N) is 1. The van der Waals surface area contributed by atoms with Crippen molar-refractivity contribution in [1.29, 1.82) is 0 Å². The van der Waals surface area contributed by atoms with Gasteiger partial charge in [-0.05, 0) is 13.3 Å². The van der Waals surface area contributed by atoms with Gasteiger partial charge in [-0.15, -0.1) is 12.3 Å². The van der Waals surface area contributed by atoms with Gasteiger partial charge in [0.25, 0.3) is 0 Å². The van der Waals surface area contributed by atoms with Crippen LogP contribution in [0.2, 0.25) is 0 Å². The highest BCUT2D eigenvalue weighted by Gasteiger charge is 1.93. The maximum absolute atomic E-state index is 5.09. The second-order valence-corrected chi connectivity index (χ2v) is 1.81. The Hall–Kier alpha value is -0.520. The Balaban J connectivity index is 3.01. The highest BCUT2D eigenvalue weighted by atomic mass is 15.2. The van der Waals surface area contributed by atoms with E-state index in [1.165, 1.54) is 0 Å². The van der Waals surface area contributed by atoms with Gasteiger partial charge in [0.1, 0.15) is 0 Å². The van der Waals surface area contributed by atoms with Crippen molar-refractivity contribution in [3.05, 3.63) is 0 Å². The molecule has 46 valence electrons. The molecule has 3 N–H and O–H groups in total. The number of hydrazine groups is 1. The fourth-order valence-corrected chi connectivity index (χ4v) is 0.383. The van der Waals surface area contributed by atoms with Crippen LogP contribution in [-0.2, 0) is 0 Å². The molecule has 0 aliphatic rings. The van der Waals surface area contributed by atoms with Crippen LogP contribution >= 0.6 is 0 Å². The van der Waals surface area contributed by atoms with Gasteiger partial charge < -0.3 is 0 Å². The van der Waals surface area contributed by atoms with E-state index in [4.69, 9.17) is 12.3 Å². The minimum atomic E-state index is 0.339. The first kappa shape index (κ1) is 7.48. The fraction of sp³-hybridized carbons (Fsp3) is 0.667. The van der Waals surface area contributed by atoms with Crippen molar-refractivity contribution in [2.24, 2.45) is 5.84 Å². The van der Waals surface area contributed by atoms with Gasteiger partial charge in [0.05, 0.1) is 0 Å². The summed E-state index contributed by atoms with van der Waals surface area (Å²) in [7, 11) is 0. The molecule has 0 fully saturated rings. The largest absolute Gasteiger partial charge is 0.271 e. The molecule has 0 saturated carbocycles. The van der Waals surface area contributed by atoms with Gasteiger partial charge in [0, 0.05) is 12.5 Å². The third-order valence-electron chi connectivity index (χ3n) is 1.01. The van der Waals surface area contributed by atoms with Crippen LogP contribution in [0.25, 0.3) is 0 Å². The summed E-state index contributed by atoms with van der Waals surface area (Å²) in [6, 6.07) is 0.339. The van der Waals surface area contributed by atoms with Gasteiger partial charge in [-0.25, -0.2) is 0 Å². The number of rotatable bonds is 3. The second kappa shape index (κ2) is 4.63. The zero-order valence-corrected chi connectivity index (χ0v) is 5.15. The van der Waals surface area contributed by atoms with Gasteiger partial charge in [0.15, 0.2) is 0 Å². The molecule has 0 amide bonds. The maximum atomic E-state index is 5.09. The minimum absolute atomic E-state index is 0.339. The van der Waals surface area contributed by atoms with Crippen molar-refractivity contribution >= 4 is 0 Å². The minimum Gasteiger partial charge on any atom is -0.271 e. The highest BCUT2D eigenvalue weighted by Crippen LogP contribution is 1.91. The van der Waals surface area contributed by atoms with Crippen molar-refractivity contribution < 1.29 is 0 Å². The molecule has 0 aliphatic carbocycles. The SMILES string of the molecule is C#CCCC(C)NN. The molecular weight excluding hydrogens is 100 g/mol. The molecule has 1 unspecified atom stereocenters. The van der Waals surface area contributed by atoms with Crippen molar-refractivity contribution in [3.63, 3.8) is 0 Å². The molecule has 0 aromatic rings. The van der Waals surface area contributed by atoms with Crippen molar-refractivity contribution in [2.45, 2.75) is 25.8 Å². The zero-order chi connectivity index (χ0) is 6.41. The summed E-state index contributed by atoms with van der Waals surface area (Å²) in [5.74, 6) is 7.63. The Morgan fingerprint density at radius 3 is 2.88 bits per heavy atom. The van der Waals surface area contributed by atoms with Crippen LogP contribution in [-0.4, -0.2) is 6.04 Å². The van der Waals surface area contributed by atoms with E-state index in [1.807, 2.05) is 6.92 Å². The summed E-state index contributed by atoms with van der Waals surface area (Å²) >= 11 is 0. The van der Waals surface area contributed by atoms with Crippen molar-refractivity contribution in [2.75, 3.05) is 0 Å². The number of hydrogen-bond acceptors (Lipinski definition) is 2. The van der Waals surface area contributed by atoms with E-state index in [1.54, 1.807) is 0 Å². The van der Waals surface area contributed by atoms with Gasteiger partial charge in [0.2, 0.25) is 0 Å². The molecule has 0 bridgehead atoms. The van der Waals surface area contributed by atoms with Crippen LogP contribution in [0, 0.1) is 12.3 Å². The molecule has 0 saturated heterocycles. The summed E-state index contributed by atoms with van der Waals surface area (Å²) in [5.41, 5.74) is 2.60. The van der Waals surface area contributed by atoms with E-state index >= 15 is 0 Å². The van der Waals surface area contributed by atoms with E-state index in [0.29, 0.717) is 6.04 Å². The average Bonchev–Trinajstić information content (AvgIpc) is 1.83. The summed E-state index contributed by atoms with van der Waals surface area (Å²) in [6.45, 7) is 2.00. The third kappa shape index (κ3) is 3.66. The quantitative estimate of drug-likeness (QED) is 0.312. The lowest BCUT2D eigenvalue weighted by atomic mass is 10.2. The van der Waals surface area contributed by atoms with Gasteiger partial charge in [-0.2, -0.15) is 0 Å². The maximum Gasteiger partial charge on any atom is 0.0191 e. The monoisotopic (exact) mass is 112 g/mol. The fourth-order valence-electron chi connectivity index (χ4n) is 0.383. The predicted octanol–water partition coefficient (Wildman–Crippen LogP) is 0.252. The van der Waals surface area contributed by atoms with Crippen LogP contribution in [0.3, 0.4) is 0 Å². The Bertz CT molecular complexity index is 83.0. The first-order valence-corrected chi connectivity index (χ1v) is 2.71. The first-order valence-electron chi connectivity index (χ1n) is 2.71. The van der Waals surface area contributed by atoms with E-state index in [2.05, 4.69) is 11.3 Å². The molecule has 0 aromatic heterocycles. The van der Waals surface area contributed by atoms with Crippen molar-refractivity contribution in [1.82, 2.24) is 5.43 Å². The van der Waals surface area contributed by atoms with Crippen LogP contribution in [0.5, 0.6) is 0 Å². The number of nitrogens with two attached hydrogens (primary N) is 1. The summed E-state index contributed by atoms with van der Waals surface area (Å²) < 4.78 is 0. The first-order chi connectivity index (χ1) is 3.81. The molecule has 0 aromatic carbocycles. The Kier molecular flexibility index (Phi) is 4.33. The molecule has 8 heavy (non-hydrogen) atoms. The van der Waals surface area contributed by atoms with E-state index in [0.717, 1.165) is 12.8 Å². The normalized spacial score (nSPS) is 12.6. The molecule has 0 heterocycles. The van der Waals surface area contributed by atoms with Gasteiger partial charge in [-0.3, -0.25) is 11.3 Å². The lowest BCUT2D eigenvalue weighted by molar-refractivity contribution is 0.540. The van der Waals surface area contributed by atoms with E-state index in [9.17, 15) is 0 Å². The lowest BCUT2D eigenvalue weighted by Gasteiger charge is -2.04. The van der Waals surface area contributed by atoms with E-state index in [-0.39, 0.29) is 0 Å². The van der Waals surface area contributed by atoms with Crippen LogP contribution in [0.1, 0.15) is 19.8 Å². The molecule has 0 aliphatic heterocycles. The van der Waals surface area contributed by atoms with Crippen LogP contribution < -0.4 is 11.3 Å². The Morgan fingerprint density at radius 2 is 2.50 bits per heavy atom. The van der Waals surface area contributed by atoms with Gasteiger partial charge >= 0.3 is 0 Å². The highest BCUT2D eigenvalue weighted by molar-refractivity contribution is 4.84. The molecular formula is C6H12N2. The molecule has 1 atom stereocenters. The topological polar surface area (TPSA) is 38.0 Å². The second-order valence-electron chi connectivity index (χ2n) is 1.81. The summed E-state index contributed by atoms with van der Waals surface area (Å²) in [4.78, 5) is 0. The summed E-state index contributed by atoms with van der Waals surface area (Å²) in [5, 5.41) is 0. The predicted molar refractivity (Wildman–Crippen MR) is 34.9 cm³/mol. The van der Waals surface area contributed by atoms with Crippen molar-refractivity contribution in [3.8, 4) is 12.3 Å². The Labute approximate surface area is 50.4 Å². The summed E-state index contributed by atoms with van der Waals surface area (Å²) in [6.07, 6.45) is 6.76. The smallest absolute Gasteiger partial charge is 0.0191 e. The standard InChI is InChI=1S/C6H12N2/c1-3-4-5-6(2)8-7/h1,6,8H,4-5,7H2,2H3. The molecule has 2 nitrogen and oxygen atoms in total. The number of terminal acetylenes is 1. The number of hydrogen-bond donors (Lipinski definition) is 2. The molecule has 0 radical (unpaired) electrons.